The van der Waals surface area contributed by atoms with Crippen LogP contribution in [0.5, 0.6) is 0 Å². The lowest BCUT2D eigenvalue weighted by Crippen LogP contribution is -2.36. The van der Waals surface area contributed by atoms with Crippen molar-refractivity contribution in [3.05, 3.63) is 34.9 Å². The smallest absolute Gasteiger partial charge is 0.255 e. The van der Waals surface area contributed by atoms with Gasteiger partial charge in [-0.25, -0.2) is 0 Å². The lowest BCUT2D eigenvalue weighted by Gasteiger charge is -2.25. The molecule has 0 radical (unpaired) electrons. The van der Waals surface area contributed by atoms with Gasteiger partial charge in [0.1, 0.15) is 0 Å². The first-order valence-electron chi connectivity index (χ1n) is 7.63. The molecule has 2 rings (SSSR count). The molecule has 0 aromatic heterocycles. The standard InChI is InChI=1S/C18H24N2O/c1-13(2)12-20(16-8-9-16)18(21)17-11-14(3)6-7-15(17)5-4-10-19/h6-7,11,13,16H,8-10,12,19H2,1-3H3. The van der Waals surface area contributed by atoms with Gasteiger partial charge in [-0.2, -0.15) is 0 Å². The van der Waals surface area contributed by atoms with Crippen molar-refractivity contribution in [2.45, 2.75) is 39.7 Å². The lowest BCUT2D eigenvalue weighted by molar-refractivity contribution is 0.0722. The minimum absolute atomic E-state index is 0.108. The molecule has 3 heteroatoms. The molecular weight excluding hydrogens is 260 g/mol. The molecule has 0 unspecified atom stereocenters. The molecule has 112 valence electrons. The maximum Gasteiger partial charge on any atom is 0.255 e. The summed E-state index contributed by atoms with van der Waals surface area (Å²) in [5.74, 6) is 6.45. The molecule has 0 aliphatic heterocycles. The minimum atomic E-state index is 0.108. The van der Waals surface area contributed by atoms with Crippen molar-refractivity contribution in [1.82, 2.24) is 4.90 Å². The van der Waals surface area contributed by atoms with E-state index in [-0.39, 0.29) is 5.91 Å². The van der Waals surface area contributed by atoms with Crippen LogP contribution in [-0.4, -0.2) is 29.9 Å². The van der Waals surface area contributed by atoms with Crippen molar-refractivity contribution in [3.63, 3.8) is 0 Å². The highest BCUT2D eigenvalue weighted by molar-refractivity contribution is 5.97. The molecule has 21 heavy (non-hydrogen) atoms. The fourth-order valence-electron chi connectivity index (χ4n) is 2.42. The van der Waals surface area contributed by atoms with Crippen LogP contribution in [-0.2, 0) is 0 Å². The molecule has 1 saturated carbocycles. The van der Waals surface area contributed by atoms with Crippen LogP contribution in [0, 0.1) is 24.7 Å². The summed E-state index contributed by atoms with van der Waals surface area (Å²) in [6.07, 6.45) is 2.24. The predicted octanol–water partition coefficient (Wildman–Crippen LogP) is 2.57. The van der Waals surface area contributed by atoms with E-state index < -0.39 is 0 Å². The van der Waals surface area contributed by atoms with Crippen molar-refractivity contribution in [1.29, 1.82) is 0 Å². The number of nitrogens with two attached hydrogens (primary N) is 1. The Labute approximate surface area is 127 Å². The maximum atomic E-state index is 12.9. The fourth-order valence-corrected chi connectivity index (χ4v) is 2.42. The summed E-state index contributed by atoms with van der Waals surface area (Å²) in [4.78, 5) is 14.9. The van der Waals surface area contributed by atoms with E-state index in [1.165, 1.54) is 0 Å². The molecule has 0 atom stereocenters. The van der Waals surface area contributed by atoms with E-state index in [0.29, 0.717) is 24.1 Å². The van der Waals surface area contributed by atoms with Crippen LogP contribution in [0.25, 0.3) is 0 Å². The summed E-state index contributed by atoms with van der Waals surface area (Å²) in [6, 6.07) is 6.27. The highest BCUT2D eigenvalue weighted by atomic mass is 16.2. The van der Waals surface area contributed by atoms with E-state index in [9.17, 15) is 4.79 Å². The van der Waals surface area contributed by atoms with Crippen LogP contribution in [0.4, 0.5) is 0 Å². The summed E-state index contributed by atoms with van der Waals surface area (Å²) in [7, 11) is 0. The van der Waals surface area contributed by atoms with Crippen molar-refractivity contribution in [2.75, 3.05) is 13.1 Å². The lowest BCUT2D eigenvalue weighted by atomic mass is 10.0. The largest absolute Gasteiger partial charge is 0.335 e. The molecule has 1 aliphatic carbocycles. The Hall–Kier alpha value is -1.79. The van der Waals surface area contributed by atoms with E-state index in [2.05, 4.69) is 25.7 Å². The predicted molar refractivity (Wildman–Crippen MR) is 86.0 cm³/mol. The molecule has 2 N–H and O–H groups in total. The van der Waals surface area contributed by atoms with Crippen molar-refractivity contribution in [2.24, 2.45) is 11.7 Å². The van der Waals surface area contributed by atoms with Gasteiger partial charge < -0.3 is 10.6 Å². The molecule has 3 nitrogen and oxygen atoms in total. The van der Waals surface area contributed by atoms with Crippen LogP contribution in [0.3, 0.4) is 0 Å². The van der Waals surface area contributed by atoms with Crippen LogP contribution < -0.4 is 5.73 Å². The van der Waals surface area contributed by atoms with Crippen molar-refractivity contribution < 1.29 is 4.79 Å². The number of benzene rings is 1. The normalized spacial score (nSPS) is 13.8. The van der Waals surface area contributed by atoms with Gasteiger partial charge >= 0.3 is 0 Å². The number of hydrogen-bond donors (Lipinski definition) is 1. The van der Waals surface area contributed by atoms with Gasteiger partial charge in [-0.1, -0.05) is 37.3 Å². The maximum absolute atomic E-state index is 12.9. The zero-order chi connectivity index (χ0) is 15.4. The molecule has 1 fully saturated rings. The van der Waals surface area contributed by atoms with Gasteiger partial charge in [-0.15, -0.1) is 0 Å². The molecule has 0 bridgehead atoms. The first kappa shape index (κ1) is 15.6. The van der Waals surface area contributed by atoms with Gasteiger partial charge in [0.05, 0.1) is 12.1 Å². The average Bonchev–Trinajstić information content (AvgIpc) is 3.27. The highest BCUT2D eigenvalue weighted by Gasteiger charge is 2.33. The molecule has 1 aromatic carbocycles. The number of carbonyl (C=O) groups is 1. The van der Waals surface area contributed by atoms with Gasteiger partial charge in [0.25, 0.3) is 5.91 Å². The van der Waals surface area contributed by atoms with Crippen LogP contribution in [0.15, 0.2) is 18.2 Å². The van der Waals surface area contributed by atoms with Gasteiger partial charge in [-0.3, -0.25) is 4.79 Å². The second kappa shape index (κ2) is 6.78. The molecule has 0 spiro atoms. The Kier molecular flexibility index (Phi) is 5.03. The average molecular weight is 284 g/mol. The molecule has 0 saturated heterocycles. The number of rotatable bonds is 4. The summed E-state index contributed by atoms with van der Waals surface area (Å²) < 4.78 is 0. The van der Waals surface area contributed by atoms with E-state index in [1.54, 1.807) is 0 Å². The third-order valence-corrected chi connectivity index (χ3v) is 3.54. The van der Waals surface area contributed by atoms with Gasteiger partial charge in [0, 0.05) is 18.2 Å². The highest BCUT2D eigenvalue weighted by Crippen LogP contribution is 2.29. The van der Waals surface area contributed by atoms with E-state index in [1.807, 2.05) is 30.0 Å². The minimum Gasteiger partial charge on any atom is -0.335 e. The second-order valence-electron chi connectivity index (χ2n) is 6.14. The topological polar surface area (TPSA) is 46.3 Å². The van der Waals surface area contributed by atoms with E-state index in [0.717, 1.165) is 30.5 Å². The second-order valence-corrected chi connectivity index (χ2v) is 6.14. The summed E-state index contributed by atoms with van der Waals surface area (Å²) in [5.41, 5.74) is 8.02. The van der Waals surface area contributed by atoms with Gasteiger partial charge in [-0.05, 0) is 37.8 Å². The summed E-state index contributed by atoms with van der Waals surface area (Å²) >= 11 is 0. The summed E-state index contributed by atoms with van der Waals surface area (Å²) in [5, 5.41) is 0. The number of amides is 1. The SMILES string of the molecule is Cc1ccc(C#CCN)c(C(=O)N(CC(C)C)C2CC2)c1. The van der Waals surface area contributed by atoms with Crippen molar-refractivity contribution in [3.8, 4) is 11.8 Å². The Morgan fingerprint density at radius 2 is 2.14 bits per heavy atom. The Morgan fingerprint density at radius 1 is 1.43 bits per heavy atom. The molecule has 1 aromatic rings. The third-order valence-electron chi connectivity index (χ3n) is 3.54. The van der Waals surface area contributed by atoms with Gasteiger partial charge in [0.2, 0.25) is 0 Å². The van der Waals surface area contributed by atoms with Gasteiger partial charge in [0.15, 0.2) is 0 Å². The third kappa shape index (κ3) is 4.09. The van der Waals surface area contributed by atoms with Crippen LogP contribution >= 0.6 is 0 Å². The fraction of sp³-hybridized carbons (Fsp3) is 0.500. The Balaban J connectivity index is 2.33. The monoisotopic (exact) mass is 284 g/mol. The Morgan fingerprint density at radius 3 is 2.71 bits per heavy atom. The summed E-state index contributed by atoms with van der Waals surface area (Å²) in [6.45, 7) is 7.41. The zero-order valence-electron chi connectivity index (χ0n) is 13.1. The van der Waals surface area contributed by atoms with Crippen molar-refractivity contribution >= 4 is 5.91 Å². The van der Waals surface area contributed by atoms with Crippen LogP contribution in [0.1, 0.15) is 48.2 Å². The number of hydrogen-bond acceptors (Lipinski definition) is 2. The molecular formula is C18H24N2O. The Bertz CT molecular complexity index is 577. The molecule has 0 heterocycles. The zero-order valence-corrected chi connectivity index (χ0v) is 13.1. The quantitative estimate of drug-likeness (QED) is 0.864. The molecule has 1 amide bonds. The number of carbonyl (C=O) groups excluding carboxylic acids is 1. The number of aryl methyl sites for hydroxylation is 1. The molecule has 1 aliphatic rings. The van der Waals surface area contributed by atoms with E-state index in [4.69, 9.17) is 5.73 Å². The number of nitrogens with zero attached hydrogens (tertiary/aromatic N) is 1. The first-order valence-corrected chi connectivity index (χ1v) is 7.63. The first-order chi connectivity index (χ1) is 10.0. The van der Waals surface area contributed by atoms with Crippen LogP contribution in [0.2, 0.25) is 0 Å². The van der Waals surface area contributed by atoms with E-state index >= 15 is 0 Å².